The van der Waals surface area contributed by atoms with E-state index in [1.165, 1.54) is 0 Å². The quantitative estimate of drug-likeness (QED) is 0.681. The fourth-order valence-electron chi connectivity index (χ4n) is 4.23. The molecule has 6 nitrogen and oxygen atoms in total. The van der Waals surface area contributed by atoms with Crippen LogP contribution in [-0.2, 0) is 9.53 Å². The van der Waals surface area contributed by atoms with Gasteiger partial charge in [0.05, 0.1) is 12.6 Å². The molecule has 2 aliphatic heterocycles. The molecular weight excluding hydrogens is 422 g/mol. The van der Waals surface area contributed by atoms with Crippen LogP contribution < -0.4 is 15.4 Å². The molecule has 0 aromatic heterocycles. The molecule has 0 aliphatic carbocycles. The summed E-state index contributed by atoms with van der Waals surface area (Å²) < 4.78 is 11.7. The van der Waals surface area contributed by atoms with Crippen molar-refractivity contribution >= 4 is 40.5 Å². The number of nitrogens with one attached hydrogen (secondary N) is 2. The predicted molar refractivity (Wildman–Crippen MR) is 121 cm³/mol. The van der Waals surface area contributed by atoms with E-state index in [0.717, 1.165) is 16.9 Å². The average Bonchev–Trinajstić information content (AvgIpc) is 2.70. The number of nitrogens with zero attached hydrogens (tertiary/aromatic N) is 1. The van der Waals surface area contributed by atoms with Gasteiger partial charge in [-0.3, -0.25) is 4.79 Å². The number of ether oxygens (including phenoxy) is 2. The number of hydrogen-bond donors (Lipinski definition) is 2. The molecule has 2 N–H and O–H groups in total. The predicted octanol–water partition coefficient (Wildman–Crippen LogP) is 3.89. The zero-order valence-electron chi connectivity index (χ0n) is 17.1. The maximum atomic E-state index is 13.5. The van der Waals surface area contributed by atoms with Crippen LogP contribution in [-0.4, -0.2) is 41.9 Å². The molecule has 30 heavy (non-hydrogen) atoms. The van der Waals surface area contributed by atoms with Gasteiger partial charge in [-0.05, 0) is 56.4 Å². The van der Waals surface area contributed by atoms with E-state index in [0.29, 0.717) is 29.0 Å². The van der Waals surface area contributed by atoms with Crippen LogP contribution in [0, 0.1) is 12.8 Å². The highest BCUT2D eigenvalue weighted by Crippen LogP contribution is 2.48. The van der Waals surface area contributed by atoms with E-state index in [4.69, 9.17) is 33.3 Å². The molecule has 8 heteroatoms. The number of rotatable bonds is 5. The van der Waals surface area contributed by atoms with Gasteiger partial charge in [0.25, 0.3) is 0 Å². The van der Waals surface area contributed by atoms with Crippen LogP contribution in [0.3, 0.4) is 0 Å². The van der Waals surface area contributed by atoms with E-state index < -0.39 is 11.6 Å². The second-order valence-corrected chi connectivity index (χ2v) is 8.57. The highest BCUT2D eigenvalue weighted by atomic mass is 35.5. The topological polar surface area (TPSA) is 62.8 Å². The molecule has 2 aliphatic rings. The van der Waals surface area contributed by atoms with Crippen LogP contribution >= 0.6 is 23.8 Å². The number of amides is 1. The Morgan fingerprint density at radius 3 is 2.77 bits per heavy atom. The third-order valence-corrected chi connectivity index (χ3v) is 6.29. The van der Waals surface area contributed by atoms with E-state index in [9.17, 15) is 4.79 Å². The van der Waals surface area contributed by atoms with Gasteiger partial charge in [-0.15, -0.1) is 0 Å². The Morgan fingerprint density at radius 2 is 2.07 bits per heavy atom. The van der Waals surface area contributed by atoms with Crippen LogP contribution in [0.5, 0.6) is 5.75 Å². The normalized spacial score (nSPS) is 24.5. The second-order valence-electron chi connectivity index (χ2n) is 7.74. The summed E-state index contributed by atoms with van der Waals surface area (Å²) >= 11 is 11.6. The SMILES string of the molecule is COCCN1C(=S)N[C@H]2c3cc(C)ccc3O[C@@]1(C)[C@H]2C(=O)Nc1ccc(Cl)cc1. The molecule has 1 fully saturated rings. The number of fused-ring (bicyclic) bond motifs is 4. The van der Waals surface area contributed by atoms with Crippen molar-refractivity contribution in [2.45, 2.75) is 25.6 Å². The van der Waals surface area contributed by atoms with Crippen LogP contribution in [0.25, 0.3) is 0 Å². The molecule has 2 aromatic rings. The molecule has 3 atom stereocenters. The summed E-state index contributed by atoms with van der Waals surface area (Å²) in [6.07, 6.45) is 0. The first-order chi connectivity index (χ1) is 14.3. The van der Waals surface area contributed by atoms with Crippen LogP contribution in [0.1, 0.15) is 24.1 Å². The summed E-state index contributed by atoms with van der Waals surface area (Å²) in [5.41, 5.74) is 1.72. The van der Waals surface area contributed by atoms with Gasteiger partial charge in [0.15, 0.2) is 10.8 Å². The lowest BCUT2D eigenvalue weighted by atomic mass is 9.78. The third-order valence-electron chi connectivity index (χ3n) is 5.70. The Morgan fingerprint density at radius 1 is 1.33 bits per heavy atom. The molecule has 0 unspecified atom stereocenters. The highest BCUT2D eigenvalue weighted by molar-refractivity contribution is 7.80. The molecule has 0 spiro atoms. The molecule has 2 heterocycles. The van der Waals surface area contributed by atoms with Gasteiger partial charge in [0.1, 0.15) is 11.7 Å². The van der Waals surface area contributed by atoms with Gasteiger partial charge < -0.3 is 25.0 Å². The van der Waals surface area contributed by atoms with E-state index in [1.807, 2.05) is 36.9 Å². The van der Waals surface area contributed by atoms with Gasteiger partial charge in [-0.1, -0.05) is 29.3 Å². The van der Waals surface area contributed by atoms with Gasteiger partial charge in [0.2, 0.25) is 5.91 Å². The van der Waals surface area contributed by atoms with Crippen molar-refractivity contribution in [3.8, 4) is 5.75 Å². The van der Waals surface area contributed by atoms with Crippen LogP contribution in [0.4, 0.5) is 5.69 Å². The molecule has 0 radical (unpaired) electrons. The van der Waals surface area contributed by atoms with Crippen LogP contribution in [0.15, 0.2) is 42.5 Å². The molecular formula is C22H24ClN3O3S. The van der Waals surface area contributed by atoms with Crippen LogP contribution in [0.2, 0.25) is 5.02 Å². The van der Waals surface area contributed by atoms with Crippen molar-refractivity contribution in [2.24, 2.45) is 5.92 Å². The first-order valence-electron chi connectivity index (χ1n) is 9.76. The lowest BCUT2D eigenvalue weighted by Gasteiger charge is -2.56. The van der Waals surface area contributed by atoms with Crippen molar-refractivity contribution in [1.82, 2.24) is 10.2 Å². The lowest BCUT2D eigenvalue weighted by molar-refractivity contribution is -0.150. The smallest absolute Gasteiger partial charge is 0.236 e. The minimum Gasteiger partial charge on any atom is -0.467 e. The molecule has 4 rings (SSSR count). The Bertz CT molecular complexity index is 984. The summed E-state index contributed by atoms with van der Waals surface area (Å²) in [5.74, 6) is 0.0430. The number of benzene rings is 2. The fourth-order valence-corrected chi connectivity index (χ4v) is 4.75. The van der Waals surface area contributed by atoms with Crippen molar-refractivity contribution in [2.75, 3.05) is 25.6 Å². The summed E-state index contributed by atoms with van der Waals surface area (Å²) in [4.78, 5) is 15.4. The highest BCUT2D eigenvalue weighted by Gasteiger charge is 2.58. The second kappa shape index (κ2) is 8.06. The van der Waals surface area contributed by atoms with E-state index in [-0.39, 0.29) is 11.9 Å². The standard InChI is InChI=1S/C22H24ClN3O3S/c1-13-4-9-17-16(12-13)19-18(20(27)24-15-7-5-14(23)6-8-15)22(2,29-17)26(10-11-28-3)21(30)25-19/h4-9,12,18-19H,10-11H2,1-3H3,(H,24,27)(H,25,30)/t18-,19+,22+/m1/s1. The van der Waals surface area contributed by atoms with Gasteiger partial charge >= 0.3 is 0 Å². The van der Waals surface area contributed by atoms with Crippen molar-refractivity contribution in [1.29, 1.82) is 0 Å². The summed E-state index contributed by atoms with van der Waals surface area (Å²) in [5, 5.41) is 7.55. The first-order valence-corrected chi connectivity index (χ1v) is 10.5. The number of hydrogen-bond acceptors (Lipinski definition) is 4. The van der Waals surface area contributed by atoms with Gasteiger partial charge in [-0.2, -0.15) is 0 Å². The lowest BCUT2D eigenvalue weighted by Crippen LogP contribution is -2.72. The van der Waals surface area contributed by atoms with E-state index >= 15 is 0 Å². The average molecular weight is 446 g/mol. The number of carbonyl (C=O) groups excluding carboxylic acids is 1. The summed E-state index contributed by atoms with van der Waals surface area (Å²) in [6, 6.07) is 12.7. The Labute approximate surface area is 186 Å². The van der Waals surface area contributed by atoms with Crippen molar-refractivity contribution in [3.05, 3.63) is 58.6 Å². The Hall–Kier alpha value is -2.35. The van der Waals surface area contributed by atoms with E-state index in [2.05, 4.69) is 10.6 Å². The van der Waals surface area contributed by atoms with Gasteiger partial charge in [0, 0.05) is 29.9 Å². The number of carbonyl (C=O) groups is 1. The minimum atomic E-state index is -0.968. The molecule has 2 aromatic carbocycles. The number of halogens is 1. The molecule has 158 valence electrons. The zero-order chi connectivity index (χ0) is 21.5. The fraction of sp³-hybridized carbons (Fsp3) is 0.364. The number of thiocarbonyl (C=S) groups is 1. The third kappa shape index (κ3) is 3.62. The zero-order valence-corrected chi connectivity index (χ0v) is 18.6. The van der Waals surface area contributed by atoms with Crippen molar-refractivity contribution in [3.63, 3.8) is 0 Å². The molecule has 1 saturated heterocycles. The Balaban J connectivity index is 1.75. The molecule has 2 bridgehead atoms. The number of methoxy groups -OCH3 is 1. The minimum absolute atomic E-state index is 0.158. The number of anilines is 1. The number of aryl methyl sites for hydroxylation is 1. The Kier molecular flexibility index (Phi) is 5.61. The molecule has 1 amide bonds. The first kappa shape index (κ1) is 20.9. The van der Waals surface area contributed by atoms with Gasteiger partial charge in [-0.25, -0.2) is 0 Å². The van der Waals surface area contributed by atoms with Crippen molar-refractivity contribution < 1.29 is 14.3 Å². The monoisotopic (exact) mass is 445 g/mol. The van der Waals surface area contributed by atoms with E-state index in [1.54, 1.807) is 31.4 Å². The summed E-state index contributed by atoms with van der Waals surface area (Å²) in [7, 11) is 1.64. The maximum Gasteiger partial charge on any atom is 0.236 e. The largest absolute Gasteiger partial charge is 0.467 e. The maximum absolute atomic E-state index is 13.5. The molecule has 0 saturated carbocycles. The summed E-state index contributed by atoms with van der Waals surface area (Å²) in [6.45, 7) is 4.88.